The molecule has 21 heavy (non-hydrogen) atoms. The van der Waals surface area contributed by atoms with Crippen molar-refractivity contribution < 1.29 is 9.53 Å². The highest BCUT2D eigenvalue weighted by Gasteiger charge is 2.19. The van der Waals surface area contributed by atoms with E-state index in [2.05, 4.69) is 34.1 Å². The number of ether oxygens (including phenoxy) is 1. The normalized spacial score (nSPS) is 14.6. The predicted molar refractivity (Wildman–Crippen MR) is 84.0 cm³/mol. The number of anilines is 1. The molecule has 0 radical (unpaired) electrons. The standard InChI is InChI=1S/C16H18N2O2S/c1-20-11-14-15(10-19)21-16(17-14)18-8-4-7-12-5-2-3-6-13(12)9-18/h2-3,5-6,10H,4,7-9,11H2,1H3. The van der Waals surface area contributed by atoms with Crippen LogP contribution in [-0.4, -0.2) is 24.9 Å². The van der Waals surface area contributed by atoms with Crippen molar-refractivity contribution in [3.63, 3.8) is 0 Å². The summed E-state index contributed by atoms with van der Waals surface area (Å²) in [4.78, 5) is 18.7. The SMILES string of the molecule is COCc1nc(N2CCCc3ccccc3C2)sc1C=O. The molecule has 2 aromatic rings. The van der Waals surface area contributed by atoms with Gasteiger partial charge in [0, 0.05) is 20.2 Å². The Bertz CT molecular complexity index is 639. The summed E-state index contributed by atoms with van der Waals surface area (Å²) >= 11 is 1.46. The second kappa shape index (κ2) is 6.37. The van der Waals surface area contributed by atoms with Crippen molar-refractivity contribution in [3.05, 3.63) is 46.0 Å². The Balaban J connectivity index is 1.88. The average Bonchev–Trinajstić information content (AvgIpc) is 2.78. The first-order valence-electron chi connectivity index (χ1n) is 7.07. The molecule has 2 heterocycles. The second-order valence-corrected chi connectivity index (χ2v) is 6.16. The fourth-order valence-electron chi connectivity index (χ4n) is 2.68. The molecule has 0 saturated carbocycles. The first-order chi connectivity index (χ1) is 10.3. The number of nitrogens with zero attached hydrogens (tertiary/aromatic N) is 2. The van der Waals surface area contributed by atoms with Crippen LogP contribution in [0.5, 0.6) is 0 Å². The van der Waals surface area contributed by atoms with E-state index >= 15 is 0 Å². The van der Waals surface area contributed by atoms with E-state index < -0.39 is 0 Å². The number of aldehydes is 1. The quantitative estimate of drug-likeness (QED) is 0.814. The lowest BCUT2D eigenvalue weighted by Gasteiger charge is -2.19. The van der Waals surface area contributed by atoms with Gasteiger partial charge in [-0.3, -0.25) is 4.79 Å². The molecule has 1 aliphatic heterocycles. The van der Waals surface area contributed by atoms with Crippen molar-refractivity contribution in [1.29, 1.82) is 0 Å². The summed E-state index contributed by atoms with van der Waals surface area (Å²) in [6.45, 7) is 2.20. The summed E-state index contributed by atoms with van der Waals surface area (Å²) in [5.74, 6) is 0. The fourth-order valence-corrected chi connectivity index (χ4v) is 3.59. The molecule has 0 amide bonds. The van der Waals surface area contributed by atoms with Gasteiger partial charge in [0.25, 0.3) is 0 Å². The van der Waals surface area contributed by atoms with E-state index in [1.54, 1.807) is 7.11 Å². The Morgan fingerprint density at radius 2 is 2.19 bits per heavy atom. The predicted octanol–water partition coefficient (Wildman–Crippen LogP) is 3.05. The van der Waals surface area contributed by atoms with Gasteiger partial charge in [-0.25, -0.2) is 4.98 Å². The van der Waals surface area contributed by atoms with E-state index in [0.717, 1.165) is 43.0 Å². The number of rotatable bonds is 4. The molecule has 0 saturated heterocycles. The van der Waals surface area contributed by atoms with Gasteiger partial charge in [-0.2, -0.15) is 0 Å². The lowest BCUT2D eigenvalue weighted by molar-refractivity contribution is 0.112. The molecular formula is C16H18N2O2S. The van der Waals surface area contributed by atoms with Gasteiger partial charge in [0.05, 0.1) is 17.2 Å². The monoisotopic (exact) mass is 302 g/mol. The minimum Gasteiger partial charge on any atom is -0.378 e. The molecule has 0 unspecified atom stereocenters. The third-order valence-corrected chi connectivity index (χ3v) is 4.81. The summed E-state index contributed by atoms with van der Waals surface area (Å²) in [5, 5.41) is 0.917. The van der Waals surface area contributed by atoms with Gasteiger partial charge in [-0.1, -0.05) is 35.6 Å². The first kappa shape index (κ1) is 14.2. The van der Waals surface area contributed by atoms with Crippen LogP contribution < -0.4 is 4.90 Å². The molecule has 5 heteroatoms. The number of benzene rings is 1. The number of hydrogen-bond donors (Lipinski definition) is 0. The highest BCUT2D eigenvalue weighted by molar-refractivity contribution is 7.17. The fraction of sp³-hybridized carbons (Fsp3) is 0.375. The Morgan fingerprint density at radius 1 is 1.38 bits per heavy atom. The van der Waals surface area contributed by atoms with E-state index in [4.69, 9.17) is 4.74 Å². The van der Waals surface area contributed by atoms with Crippen LogP contribution in [0.1, 0.15) is 32.9 Å². The smallest absolute Gasteiger partial charge is 0.186 e. The van der Waals surface area contributed by atoms with E-state index in [1.807, 2.05) is 0 Å². The largest absolute Gasteiger partial charge is 0.378 e. The van der Waals surface area contributed by atoms with Crippen LogP contribution in [0.4, 0.5) is 5.13 Å². The zero-order valence-corrected chi connectivity index (χ0v) is 12.9. The van der Waals surface area contributed by atoms with Crippen molar-refractivity contribution >= 4 is 22.8 Å². The van der Waals surface area contributed by atoms with Crippen molar-refractivity contribution in [2.75, 3.05) is 18.6 Å². The molecule has 0 spiro atoms. The van der Waals surface area contributed by atoms with Crippen LogP contribution >= 0.6 is 11.3 Å². The van der Waals surface area contributed by atoms with Gasteiger partial charge in [0.2, 0.25) is 0 Å². The van der Waals surface area contributed by atoms with Crippen LogP contribution in [-0.2, 0) is 24.3 Å². The molecule has 0 atom stereocenters. The molecule has 1 aromatic heterocycles. The number of aryl methyl sites for hydroxylation is 1. The van der Waals surface area contributed by atoms with Gasteiger partial charge in [0.1, 0.15) is 0 Å². The minimum absolute atomic E-state index is 0.384. The van der Waals surface area contributed by atoms with E-state index in [-0.39, 0.29) is 0 Å². The average molecular weight is 302 g/mol. The Labute approximate surface area is 128 Å². The second-order valence-electron chi connectivity index (χ2n) is 5.15. The van der Waals surface area contributed by atoms with E-state index in [1.165, 1.54) is 22.5 Å². The molecule has 0 bridgehead atoms. The molecule has 1 aromatic carbocycles. The van der Waals surface area contributed by atoms with Gasteiger partial charge in [-0.05, 0) is 24.0 Å². The topological polar surface area (TPSA) is 42.4 Å². The molecule has 1 aliphatic rings. The van der Waals surface area contributed by atoms with Gasteiger partial charge in [0.15, 0.2) is 11.4 Å². The lowest BCUT2D eigenvalue weighted by atomic mass is 10.0. The van der Waals surface area contributed by atoms with Crippen LogP contribution in [0.15, 0.2) is 24.3 Å². The molecule has 0 aliphatic carbocycles. The highest BCUT2D eigenvalue weighted by atomic mass is 32.1. The van der Waals surface area contributed by atoms with E-state index in [9.17, 15) is 4.79 Å². The van der Waals surface area contributed by atoms with Crippen LogP contribution in [0.3, 0.4) is 0 Å². The molecule has 0 N–H and O–H groups in total. The summed E-state index contributed by atoms with van der Waals surface area (Å²) in [6.07, 6.45) is 3.08. The number of fused-ring (bicyclic) bond motifs is 1. The number of carbonyl (C=O) groups excluding carboxylic acids is 1. The maximum Gasteiger partial charge on any atom is 0.186 e. The van der Waals surface area contributed by atoms with Crippen molar-refractivity contribution in [2.24, 2.45) is 0 Å². The van der Waals surface area contributed by atoms with E-state index in [0.29, 0.717) is 11.5 Å². The highest BCUT2D eigenvalue weighted by Crippen LogP contribution is 2.29. The third kappa shape index (κ3) is 2.99. The van der Waals surface area contributed by atoms with Crippen molar-refractivity contribution in [3.8, 4) is 0 Å². The molecule has 3 rings (SSSR count). The van der Waals surface area contributed by atoms with Gasteiger partial charge < -0.3 is 9.64 Å². The Morgan fingerprint density at radius 3 is 2.95 bits per heavy atom. The summed E-state index contributed by atoms with van der Waals surface area (Å²) in [7, 11) is 1.62. The van der Waals surface area contributed by atoms with Gasteiger partial charge in [-0.15, -0.1) is 0 Å². The molecular weight excluding hydrogens is 284 g/mol. The summed E-state index contributed by atoms with van der Waals surface area (Å²) < 4.78 is 5.12. The summed E-state index contributed by atoms with van der Waals surface area (Å²) in [6, 6.07) is 8.56. The first-order valence-corrected chi connectivity index (χ1v) is 7.89. The number of carbonyl (C=O) groups is 1. The van der Waals surface area contributed by atoms with Crippen LogP contribution in [0.2, 0.25) is 0 Å². The molecule has 110 valence electrons. The number of methoxy groups -OCH3 is 1. The Kier molecular flexibility index (Phi) is 4.31. The lowest BCUT2D eigenvalue weighted by Crippen LogP contribution is -2.22. The molecule has 4 nitrogen and oxygen atoms in total. The van der Waals surface area contributed by atoms with Crippen LogP contribution in [0.25, 0.3) is 0 Å². The molecule has 0 fully saturated rings. The summed E-state index contributed by atoms with van der Waals surface area (Å²) in [5.41, 5.74) is 3.51. The maximum absolute atomic E-state index is 11.2. The number of aromatic nitrogens is 1. The van der Waals surface area contributed by atoms with Crippen molar-refractivity contribution in [2.45, 2.75) is 26.0 Å². The zero-order valence-electron chi connectivity index (χ0n) is 12.0. The van der Waals surface area contributed by atoms with Gasteiger partial charge >= 0.3 is 0 Å². The Hall–Kier alpha value is -1.72. The number of thiazole rings is 1. The van der Waals surface area contributed by atoms with Crippen molar-refractivity contribution in [1.82, 2.24) is 4.98 Å². The number of hydrogen-bond acceptors (Lipinski definition) is 5. The zero-order chi connectivity index (χ0) is 14.7. The third-order valence-electron chi connectivity index (χ3n) is 3.73. The van der Waals surface area contributed by atoms with Crippen LogP contribution in [0, 0.1) is 0 Å². The minimum atomic E-state index is 0.384. The maximum atomic E-state index is 11.2.